The van der Waals surface area contributed by atoms with E-state index >= 15 is 0 Å². The highest BCUT2D eigenvalue weighted by molar-refractivity contribution is 5.96. The number of anilines is 1. The summed E-state index contributed by atoms with van der Waals surface area (Å²) in [6, 6.07) is 13.3. The lowest BCUT2D eigenvalue weighted by Crippen LogP contribution is -2.23. The van der Waals surface area contributed by atoms with E-state index in [9.17, 15) is 9.59 Å². The number of ether oxygens (including phenoxy) is 1. The van der Waals surface area contributed by atoms with Crippen molar-refractivity contribution < 1.29 is 14.3 Å². The van der Waals surface area contributed by atoms with Crippen LogP contribution >= 0.6 is 0 Å². The highest BCUT2D eigenvalue weighted by Gasteiger charge is 2.07. The average molecular weight is 299 g/mol. The third-order valence-corrected chi connectivity index (χ3v) is 2.98. The molecule has 0 aliphatic rings. The van der Waals surface area contributed by atoms with E-state index in [0.29, 0.717) is 17.8 Å². The monoisotopic (exact) mass is 299 g/mol. The molecule has 0 aromatic heterocycles. The molecule has 6 heteroatoms. The molecule has 0 saturated heterocycles. The molecule has 2 rings (SSSR count). The molecule has 0 bridgehead atoms. The van der Waals surface area contributed by atoms with E-state index in [2.05, 4.69) is 10.6 Å². The van der Waals surface area contributed by atoms with E-state index in [4.69, 9.17) is 10.5 Å². The van der Waals surface area contributed by atoms with E-state index in [-0.39, 0.29) is 5.91 Å². The second kappa shape index (κ2) is 7.12. The van der Waals surface area contributed by atoms with Crippen LogP contribution in [0.15, 0.2) is 48.5 Å². The van der Waals surface area contributed by atoms with Crippen LogP contribution in [0.4, 0.5) is 10.5 Å². The van der Waals surface area contributed by atoms with E-state index in [1.54, 1.807) is 31.4 Å². The van der Waals surface area contributed by atoms with Crippen molar-refractivity contribution >= 4 is 17.6 Å². The molecular weight excluding hydrogens is 282 g/mol. The molecule has 0 atom stereocenters. The summed E-state index contributed by atoms with van der Waals surface area (Å²) in [5.74, 6) is 0.496. The SMILES string of the molecule is COc1cccc(CNC(=O)c2cccc(NC(N)=O)c2)c1. The number of urea groups is 1. The zero-order valence-electron chi connectivity index (χ0n) is 12.1. The smallest absolute Gasteiger partial charge is 0.316 e. The Morgan fingerprint density at radius 2 is 1.91 bits per heavy atom. The lowest BCUT2D eigenvalue weighted by atomic mass is 10.1. The van der Waals surface area contributed by atoms with Crippen molar-refractivity contribution in [2.24, 2.45) is 5.73 Å². The Morgan fingerprint density at radius 3 is 2.64 bits per heavy atom. The van der Waals surface area contributed by atoms with E-state index in [0.717, 1.165) is 11.3 Å². The summed E-state index contributed by atoms with van der Waals surface area (Å²) >= 11 is 0. The van der Waals surface area contributed by atoms with Gasteiger partial charge in [-0.25, -0.2) is 4.79 Å². The fourth-order valence-electron chi connectivity index (χ4n) is 1.95. The largest absolute Gasteiger partial charge is 0.497 e. The van der Waals surface area contributed by atoms with Crippen LogP contribution in [0, 0.1) is 0 Å². The van der Waals surface area contributed by atoms with Gasteiger partial charge in [0.2, 0.25) is 0 Å². The van der Waals surface area contributed by atoms with Crippen molar-refractivity contribution in [3.8, 4) is 5.75 Å². The minimum absolute atomic E-state index is 0.240. The topological polar surface area (TPSA) is 93.4 Å². The predicted octanol–water partition coefficient (Wildman–Crippen LogP) is 2.12. The van der Waals surface area contributed by atoms with Crippen LogP contribution in [0.1, 0.15) is 15.9 Å². The zero-order valence-corrected chi connectivity index (χ0v) is 12.1. The second-order valence-electron chi connectivity index (χ2n) is 4.60. The molecule has 0 radical (unpaired) electrons. The van der Waals surface area contributed by atoms with Gasteiger partial charge in [0.1, 0.15) is 5.75 Å². The Kier molecular flexibility index (Phi) is 4.98. The first-order chi connectivity index (χ1) is 10.6. The van der Waals surface area contributed by atoms with Gasteiger partial charge in [0, 0.05) is 17.8 Å². The van der Waals surface area contributed by atoms with E-state index in [1.165, 1.54) is 0 Å². The van der Waals surface area contributed by atoms with Crippen LogP contribution < -0.4 is 21.1 Å². The molecule has 0 spiro atoms. The molecule has 0 aliphatic heterocycles. The van der Waals surface area contributed by atoms with Crippen LogP contribution in [0.3, 0.4) is 0 Å². The fraction of sp³-hybridized carbons (Fsp3) is 0.125. The van der Waals surface area contributed by atoms with Gasteiger partial charge in [-0.05, 0) is 35.9 Å². The summed E-state index contributed by atoms with van der Waals surface area (Å²) in [5.41, 5.74) is 6.89. The van der Waals surface area contributed by atoms with Gasteiger partial charge in [-0.2, -0.15) is 0 Å². The number of nitrogens with two attached hydrogens (primary N) is 1. The molecule has 0 saturated carbocycles. The van der Waals surface area contributed by atoms with Crippen molar-refractivity contribution in [2.45, 2.75) is 6.54 Å². The van der Waals surface area contributed by atoms with E-state index in [1.807, 2.05) is 24.3 Å². The maximum atomic E-state index is 12.1. The van der Waals surface area contributed by atoms with Gasteiger partial charge < -0.3 is 21.1 Å². The van der Waals surface area contributed by atoms with Crippen LogP contribution in [0.5, 0.6) is 5.75 Å². The molecule has 4 N–H and O–H groups in total. The normalized spacial score (nSPS) is 9.86. The number of hydrogen-bond donors (Lipinski definition) is 3. The van der Waals surface area contributed by atoms with Crippen LogP contribution in [-0.2, 0) is 6.54 Å². The number of amides is 3. The standard InChI is InChI=1S/C16H17N3O3/c1-22-14-7-2-4-11(8-14)10-18-15(20)12-5-3-6-13(9-12)19-16(17)21/h2-9H,10H2,1H3,(H,18,20)(H3,17,19,21). The molecule has 114 valence electrons. The van der Waals surface area contributed by atoms with Gasteiger partial charge in [-0.3, -0.25) is 4.79 Å². The maximum Gasteiger partial charge on any atom is 0.316 e. The zero-order chi connectivity index (χ0) is 15.9. The summed E-state index contributed by atoms with van der Waals surface area (Å²) in [5, 5.41) is 5.24. The Bertz CT molecular complexity index is 686. The number of rotatable bonds is 5. The van der Waals surface area contributed by atoms with Crippen LogP contribution in [0.25, 0.3) is 0 Å². The number of nitrogens with one attached hydrogen (secondary N) is 2. The minimum Gasteiger partial charge on any atom is -0.497 e. The number of carbonyl (C=O) groups is 2. The minimum atomic E-state index is -0.672. The summed E-state index contributed by atoms with van der Waals surface area (Å²) < 4.78 is 5.13. The molecular formula is C16H17N3O3. The first-order valence-electron chi connectivity index (χ1n) is 6.66. The highest BCUT2D eigenvalue weighted by atomic mass is 16.5. The summed E-state index contributed by atoms with van der Waals surface area (Å²) in [7, 11) is 1.59. The molecule has 6 nitrogen and oxygen atoms in total. The first kappa shape index (κ1) is 15.4. The average Bonchev–Trinajstić information content (AvgIpc) is 2.52. The van der Waals surface area contributed by atoms with Crippen molar-refractivity contribution in [3.05, 3.63) is 59.7 Å². The third-order valence-electron chi connectivity index (χ3n) is 2.98. The number of carbonyl (C=O) groups excluding carboxylic acids is 2. The number of benzene rings is 2. The van der Waals surface area contributed by atoms with Gasteiger partial charge in [0.15, 0.2) is 0 Å². The maximum absolute atomic E-state index is 12.1. The number of primary amides is 1. The van der Waals surface area contributed by atoms with Gasteiger partial charge in [0.25, 0.3) is 5.91 Å². The summed E-state index contributed by atoms with van der Waals surface area (Å²) in [4.78, 5) is 22.9. The lowest BCUT2D eigenvalue weighted by Gasteiger charge is -2.08. The Morgan fingerprint density at radius 1 is 1.14 bits per heavy atom. The van der Waals surface area contributed by atoms with Crippen molar-refractivity contribution in [3.63, 3.8) is 0 Å². The van der Waals surface area contributed by atoms with Crippen molar-refractivity contribution in [2.75, 3.05) is 12.4 Å². The number of hydrogen-bond acceptors (Lipinski definition) is 3. The molecule has 3 amide bonds. The summed E-state index contributed by atoms with van der Waals surface area (Å²) in [6.07, 6.45) is 0. The summed E-state index contributed by atoms with van der Waals surface area (Å²) in [6.45, 7) is 0.378. The second-order valence-corrected chi connectivity index (χ2v) is 4.60. The lowest BCUT2D eigenvalue weighted by molar-refractivity contribution is 0.0951. The van der Waals surface area contributed by atoms with E-state index < -0.39 is 6.03 Å². The Labute approximate surface area is 128 Å². The third kappa shape index (κ3) is 4.24. The van der Waals surface area contributed by atoms with Crippen LogP contribution in [-0.4, -0.2) is 19.0 Å². The van der Waals surface area contributed by atoms with Crippen molar-refractivity contribution in [1.29, 1.82) is 0 Å². The van der Waals surface area contributed by atoms with Gasteiger partial charge in [0.05, 0.1) is 7.11 Å². The molecule has 0 heterocycles. The molecule has 2 aromatic rings. The predicted molar refractivity (Wildman–Crippen MR) is 83.8 cm³/mol. The highest BCUT2D eigenvalue weighted by Crippen LogP contribution is 2.13. The quantitative estimate of drug-likeness (QED) is 0.789. The number of methoxy groups -OCH3 is 1. The molecule has 2 aromatic carbocycles. The fourth-order valence-corrected chi connectivity index (χ4v) is 1.95. The first-order valence-corrected chi connectivity index (χ1v) is 6.66. The van der Waals surface area contributed by atoms with Gasteiger partial charge in [-0.1, -0.05) is 18.2 Å². The Balaban J connectivity index is 2.01. The molecule has 0 fully saturated rings. The van der Waals surface area contributed by atoms with Gasteiger partial charge in [-0.15, -0.1) is 0 Å². The van der Waals surface area contributed by atoms with Gasteiger partial charge >= 0.3 is 6.03 Å². The molecule has 0 unspecified atom stereocenters. The van der Waals surface area contributed by atoms with Crippen molar-refractivity contribution in [1.82, 2.24) is 5.32 Å². The molecule has 22 heavy (non-hydrogen) atoms. The molecule has 0 aliphatic carbocycles. The van der Waals surface area contributed by atoms with Crippen LogP contribution in [0.2, 0.25) is 0 Å². The Hall–Kier alpha value is -3.02.